The Morgan fingerprint density at radius 3 is 3.11 bits per heavy atom. The fourth-order valence-corrected chi connectivity index (χ4v) is 2.81. The first-order chi connectivity index (χ1) is 9.26. The number of benzene rings is 1. The van der Waals surface area contributed by atoms with Gasteiger partial charge in [-0.15, -0.1) is 0 Å². The fourth-order valence-electron chi connectivity index (χ4n) is 1.95. The van der Waals surface area contributed by atoms with Crippen LogP contribution in [0, 0.1) is 5.92 Å². The molecule has 1 N–H and O–H groups in total. The highest BCUT2D eigenvalue weighted by Crippen LogP contribution is 2.32. The number of imidazole rings is 1. The molecule has 1 aliphatic rings. The third kappa shape index (κ3) is 2.92. The van der Waals surface area contributed by atoms with Crippen molar-refractivity contribution in [2.75, 3.05) is 12.4 Å². The SMILES string of the molecule is CCOc1ccc2nc(SCC(=O)C3CC3)[nH]c2c1. The zero-order valence-corrected chi connectivity index (χ0v) is 11.6. The number of nitrogens with one attached hydrogen (secondary N) is 1. The second-order valence-corrected chi connectivity index (χ2v) is 5.65. The lowest BCUT2D eigenvalue weighted by atomic mass is 10.3. The Labute approximate surface area is 115 Å². The molecule has 1 aromatic carbocycles. The lowest BCUT2D eigenvalue weighted by Gasteiger charge is -2.00. The Morgan fingerprint density at radius 2 is 2.37 bits per heavy atom. The molecule has 19 heavy (non-hydrogen) atoms. The number of H-pyrrole nitrogens is 1. The predicted molar refractivity (Wildman–Crippen MR) is 75.7 cm³/mol. The number of ketones is 1. The molecule has 100 valence electrons. The minimum absolute atomic E-state index is 0.321. The van der Waals surface area contributed by atoms with E-state index in [4.69, 9.17) is 4.74 Å². The van der Waals surface area contributed by atoms with Crippen LogP contribution in [0.5, 0.6) is 5.75 Å². The zero-order valence-electron chi connectivity index (χ0n) is 10.8. The Morgan fingerprint density at radius 1 is 1.53 bits per heavy atom. The molecular weight excluding hydrogens is 260 g/mol. The van der Waals surface area contributed by atoms with Crippen molar-refractivity contribution in [3.05, 3.63) is 18.2 Å². The average Bonchev–Trinajstić information content (AvgIpc) is 3.17. The van der Waals surface area contributed by atoms with Gasteiger partial charge in [0.05, 0.1) is 23.4 Å². The van der Waals surface area contributed by atoms with Crippen LogP contribution in [0.3, 0.4) is 0 Å². The second kappa shape index (κ2) is 5.25. The molecule has 0 aliphatic heterocycles. The van der Waals surface area contributed by atoms with Crippen LogP contribution < -0.4 is 4.74 Å². The Kier molecular flexibility index (Phi) is 3.46. The summed E-state index contributed by atoms with van der Waals surface area (Å²) >= 11 is 1.48. The number of carbonyl (C=O) groups is 1. The molecule has 0 unspecified atom stereocenters. The number of rotatable bonds is 6. The average molecular weight is 276 g/mol. The van der Waals surface area contributed by atoms with Gasteiger partial charge in [0, 0.05) is 12.0 Å². The Hall–Kier alpha value is -1.49. The van der Waals surface area contributed by atoms with E-state index in [-0.39, 0.29) is 0 Å². The van der Waals surface area contributed by atoms with E-state index in [1.807, 2.05) is 25.1 Å². The van der Waals surface area contributed by atoms with E-state index >= 15 is 0 Å². The van der Waals surface area contributed by atoms with Gasteiger partial charge in [-0.3, -0.25) is 4.79 Å². The van der Waals surface area contributed by atoms with Crippen molar-refractivity contribution < 1.29 is 9.53 Å². The first-order valence-corrected chi connectivity index (χ1v) is 7.53. The Bertz CT molecular complexity index is 605. The first-order valence-electron chi connectivity index (χ1n) is 6.54. The largest absolute Gasteiger partial charge is 0.494 e. The summed E-state index contributed by atoms with van der Waals surface area (Å²) in [6, 6.07) is 5.79. The summed E-state index contributed by atoms with van der Waals surface area (Å²) in [4.78, 5) is 19.3. The van der Waals surface area contributed by atoms with Gasteiger partial charge in [0.2, 0.25) is 0 Å². The monoisotopic (exact) mass is 276 g/mol. The van der Waals surface area contributed by atoms with Crippen molar-refractivity contribution in [2.24, 2.45) is 5.92 Å². The summed E-state index contributed by atoms with van der Waals surface area (Å²) in [7, 11) is 0. The number of hydrogen-bond donors (Lipinski definition) is 1. The van der Waals surface area contributed by atoms with E-state index in [0.29, 0.717) is 24.1 Å². The summed E-state index contributed by atoms with van der Waals surface area (Å²) in [5, 5.41) is 0.803. The number of thioether (sulfide) groups is 1. The quantitative estimate of drug-likeness (QED) is 0.824. The van der Waals surface area contributed by atoms with E-state index in [1.165, 1.54) is 11.8 Å². The lowest BCUT2D eigenvalue weighted by molar-refractivity contribution is -0.117. The third-order valence-corrected chi connectivity index (χ3v) is 4.02. The number of hydrogen-bond acceptors (Lipinski definition) is 4. The second-order valence-electron chi connectivity index (χ2n) is 4.68. The molecule has 3 rings (SSSR count). The van der Waals surface area contributed by atoms with Gasteiger partial charge in [-0.25, -0.2) is 4.98 Å². The number of carbonyl (C=O) groups excluding carboxylic acids is 1. The normalized spacial score (nSPS) is 14.8. The van der Waals surface area contributed by atoms with Gasteiger partial charge in [0.25, 0.3) is 0 Å². The molecule has 1 aliphatic carbocycles. The highest BCUT2D eigenvalue weighted by molar-refractivity contribution is 7.99. The van der Waals surface area contributed by atoms with Crippen molar-refractivity contribution in [3.63, 3.8) is 0 Å². The summed E-state index contributed by atoms with van der Waals surface area (Å²) in [5.41, 5.74) is 1.86. The maximum Gasteiger partial charge on any atom is 0.166 e. The van der Waals surface area contributed by atoms with E-state index in [9.17, 15) is 4.79 Å². The van der Waals surface area contributed by atoms with Crippen molar-refractivity contribution in [1.82, 2.24) is 9.97 Å². The molecule has 4 nitrogen and oxygen atoms in total. The molecular formula is C14H16N2O2S. The van der Waals surface area contributed by atoms with E-state index < -0.39 is 0 Å². The van der Waals surface area contributed by atoms with Crippen LogP contribution in [0.2, 0.25) is 0 Å². The van der Waals surface area contributed by atoms with Gasteiger partial charge in [-0.05, 0) is 31.9 Å². The van der Waals surface area contributed by atoms with Crippen LogP contribution in [0.15, 0.2) is 23.4 Å². The maximum absolute atomic E-state index is 11.7. The summed E-state index contributed by atoms with van der Waals surface area (Å²) in [6.45, 7) is 2.61. The number of Topliss-reactive ketones (excluding diaryl/α,β-unsaturated/α-hetero) is 1. The lowest BCUT2D eigenvalue weighted by Crippen LogP contribution is -2.03. The predicted octanol–water partition coefficient (Wildman–Crippen LogP) is 3.03. The van der Waals surface area contributed by atoms with Crippen LogP contribution in [0.4, 0.5) is 0 Å². The molecule has 2 aromatic rings. The molecule has 5 heteroatoms. The first kappa shape index (κ1) is 12.5. The van der Waals surface area contributed by atoms with Crippen LogP contribution in [-0.2, 0) is 4.79 Å². The van der Waals surface area contributed by atoms with Gasteiger partial charge in [-0.2, -0.15) is 0 Å². The molecule has 1 heterocycles. The van der Waals surface area contributed by atoms with Gasteiger partial charge in [-0.1, -0.05) is 11.8 Å². The number of aromatic amines is 1. The maximum atomic E-state index is 11.7. The van der Waals surface area contributed by atoms with Crippen LogP contribution in [0.1, 0.15) is 19.8 Å². The van der Waals surface area contributed by atoms with Gasteiger partial charge >= 0.3 is 0 Å². The molecule has 0 amide bonds. The number of fused-ring (bicyclic) bond motifs is 1. The van der Waals surface area contributed by atoms with Gasteiger partial charge in [0.1, 0.15) is 11.5 Å². The topological polar surface area (TPSA) is 55.0 Å². The standard InChI is InChI=1S/C14H16N2O2S/c1-2-18-10-5-6-11-12(7-10)16-14(15-11)19-8-13(17)9-3-4-9/h5-7,9H,2-4,8H2,1H3,(H,15,16). The smallest absolute Gasteiger partial charge is 0.166 e. The summed E-state index contributed by atoms with van der Waals surface area (Å²) in [5.74, 6) is 2.02. The number of ether oxygens (including phenoxy) is 1. The summed E-state index contributed by atoms with van der Waals surface area (Å²) < 4.78 is 5.45. The summed E-state index contributed by atoms with van der Waals surface area (Å²) in [6.07, 6.45) is 2.13. The molecule has 0 saturated heterocycles. The van der Waals surface area contributed by atoms with E-state index in [1.54, 1.807) is 0 Å². The minimum Gasteiger partial charge on any atom is -0.494 e. The van der Waals surface area contributed by atoms with Gasteiger partial charge in [0.15, 0.2) is 5.16 Å². The molecule has 0 spiro atoms. The molecule has 1 fully saturated rings. The van der Waals surface area contributed by atoms with Crippen LogP contribution in [0.25, 0.3) is 11.0 Å². The number of aromatic nitrogens is 2. The Balaban J connectivity index is 1.71. The van der Waals surface area contributed by atoms with E-state index in [2.05, 4.69) is 9.97 Å². The molecule has 0 radical (unpaired) electrons. The fraction of sp³-hybridized carbons (Fsp3) is 0.429. The van der Waals surface area contributed by atoms with Crippen molar-refractivity contribution in [2.45, 2.75) is 24.9 Å². The molecule has 0 bridgehead atoms. The highest BCUT2D eigenvalue weighted by atomic mass is 32.2. The van der Waals surface area contributed by atoms with E-state index in [0.717, 1.165) is 34.8 Å². The number of nitrogens with zero attached hydrogens (tertiary/aromatic N) is 1. The van der Waals surface area contributed by atoms with Crippen molar-refractivity contribution in [3.8, 4) is 5.75 Å². The zero-order chi connectivity index (χ0) is 13.2. The highest BCUT2D eigenvalue weighted by Gasteiger charge is 2.29. The molecule has 1 saturated carbocycles. The van der Waals surface area contributed by atoms with Crippen molar-refractivity contribution >= 4 is 28.6 Å². The molecule has 1 aromatic heterocycles. The van der Waals surface area contributed by atoms with Crippen LogP contribution in [-0.4, -0.2) is 28.1 Å². The molecule has 0 atom stereocenters. The third-order valence-electron chi connectivity index (χ3n) is 3.13. The van der Waals surface area contributed by atoms with Crippen molar-refractivity contribution in [1.29, 1.82) is 0 Å². The van der Waals surface area contributed by atoms with Gasteiger partial charge < -0.3 is 9.72 Å². The van der Waals surface area contributed by atoms with Crippen LogP contribution >= 0.6 is 11.8 Å². The minimum atomic E-state index is 0.321.